The van der Waals surface area contributed by atoms with Crippen molar-refractivity contribution >= 4 is 111 Å². The van der Waals surface area contributed by atoms with Crippen LogP contribution < -0.4 is 335 Å². The Kier molecular flexibility index (Phi) is 89.7. The first kappa shape index (κ1) is 158. The van der Waals surface area contributed by atoms with Gasteiger partial charge in [0.15, 0.2) is 25.2 Å². The van der Waals surface area contributed by atoms with Crippen LogP contribution in [0.2, 0.25) is 0 Å². The molecule has 19 N–H and O–H groups in total. The van der Waals surface area contributed by atoms with Gasteiger partial charge < -0.3 is 180 Å². The van der Waals surface area contributed by atoms with E-state index in [1.807, 2.05) is 0 Å². The van der Waals surface area contributed by atoms with Crippen LogP contribution in [0.1, 0.15) is 27.7 Å². The molecule has 0 spiro atoms. The molecule has 8 aliphatic heterocycles. The Morgan fingerprint density at radius 1 is 0.309 bits per heavy atom. The van der Waals surface area contributed by atoms with Gasteiger partial charge in [-0.25, -0.2) is 95.1 Å². The van der Waals surface area contributed by atoms with Crippen molar-refractivity contribution in [1.82, 2.24) is 18.9 Å². The first-order chi connectivity index (χ1) is 58.4. The van der Waals surface area contributed by atoms with Gasteiger partial charge in [0, 0.05) is 32.3 Å². The van der Waals surface area contributed by atoms with Crippen LogP contribution in [0.5, 0.6) is 0 Å². The normalized spacial score (nSPS) is 36.3. The molecule has 0 radical (unpaired) electrons. The molecular formula is C49H82N4Na10O63S10-4. The maximum atomic E-state index is 12.1. The average molecular weight is 2290 g/mol. The summed E-state index contributed by atoms with van der Waals surface area (Å²) in [6, 6.07) is -6.24. The Hall–Kier alpha value is 8.90. The fourth-order valence-corrected chi connectivity index (χ4v) is 14.4. The van der Waals surface area contributed by atoms with Crippen molar-refractivity contribution in [3.63, 3.8) is 0 Å². The summed E-state index contributed by atoms with van der Waals surface area (Å²) in [5.74, 6) is 0. The van der Waals surface area contributed by atoms with Crippen LogP contribution in [0, 0.1) is 25.7 Å². The molecule has 750 valence electrons. The molecule has 136 heavy (non-hydrogen) atoms. The maximum absolute atomic E-state index is 12.1. The summed E-state index contributed by atoms with van der Waals surface area (Å²) in [5.41, 5.74) is 0. The summed E-state index contributed by atoms with van der Waals surface area (Å²) in [7, 11) is -29.5. The van der Waals surface area contributed by atoms with E-state index in [2.05, 4.69) is 64.7 Å². The zero-order valence-corrected chi connectivity index (χ0v) is 101. The van der Waals surface area contributed by atoms with E-state index < -0.39 is 310 Å². The van der Waals surface area contributed by atoms with Gasteiger partial charge in [-0.3, -0.25) is 46.7 Å². The van der Waals surface area contributed by atoms with Crippen molar-refractivity contribution in [1.29, 1.82) is 0 Å². The van der Waals surface area contributed by atoms with Gasteiger partial charge in [0.1, 0.15) is 122 Å². The predicted octanol–water partition coefficient (Wildman–Crippen LogP) is -47.8. The van der Waals surface area contributed by atoms with Gasteiger partial charge in [-0.2, -0.15) is 17.3 Å². The topological polar surface area (TPSA) is 1030 Å². The number of aliphatic hydroxyl groups is 11. The third-order valence-corrected chi connectivity index (χ3v) is 19.9. The largest absolute Gasteiger partial charge is 1.00 e. The standard InChI is InChI=1S/C49H84N4O47S6.10Na.4H2O4S/c1-14-34(60)18(56)6-26(78-14)86-42-22(10-54)82-47(31(36(42)62)51-102-98-94-66)90-39-15(2)79-27(7-19(39)57)87-43-23(11-55)83-48(32(37(43)63)52-103-99-95-67)91-40-16(3)80-29(8-20(40)58)89-45-25(13-77-106(72,73)74)85-49(33(38(45)64)53-104-100-96-68)92-41-17(4)81-28(9-21(41)59)88-44-24(12-76-105(69,70)71)84-46(75-5)30(35(44)61)50-101-97-93-65;;;;;;;;;;;4*1-5(2,3)4/h6-9,14-68H,10-13H2,1-5H3,(H,69,70,71)(H,72,73,74);;;;;;;;;;;4*(H2,1,2,3,4)/q-4;10*+1;;;;/p-10/t14?,15?,16?,17?,18-,19-,20-,21-,22?,23?,24?,25?,26-,27-,28-,29-,30?,31?,32?,33?,34+,35+,36+,37+,38+,39-,40-,41-,42+,43+,44+,45+,46-,47-,48-,49-;;;;;;;;;;;;;;/m0............../s1. The fraction of sp³-hybridized carbons (Fsp3) is 0.918. The van der Waals surface area contributed by atoms with Crippen LogP contribution in [0.25, 0.3) is 0 Å². The van der Waals surface area contributed by atoms with Gasteiger partial charge in [-0.05, 0) is 52.1 Å². The molecule has 0 aromatic rings. The molecule has 12 unspecified atom stereocenters. The number of nitrogens with one attached hydrogen (secondary N) is 4. The minimum Gasteiger partial charge on any atom is -0.726 e. The van der Waals surface area contributed by atoms with Crippen LogP contribution in [-0.4, -0.2) is 407 Å². The molecule has 8 aliphatic rings. The Morgan fingerprint density at radius 2 is 0.515 bits per heavy atom. The minimum atomic E-state index is -5.59. The molecule has 8 saturated heterocycles. The molecule has 0 aromatic heterocycles. The third kappa shape index (κ3) is 60.0. The Labute approximate surface area is 1010 Å². The van der Waals surface area contributed by atoms with E-state index in [-0.39, 0.29) is 344 Å². The second-order valence-electron chi connectivity index (χ2n) is 25.5. The van der Waals surface area contributed by atoms with E-state index in [9.17, 15) is 103 Å². The second kappa shape index (κ2) is 77.4. The zero-order valence-electron chi connectivity index (χ0n) is 73.3. The number of hydrogen-bond acceptors (Lipinski definition) is 67. The van der Waals surface area contributed by atoms with Gasteiger partial charge in [-0.1, -0.05) is 0 Å². The molecule has 0 saturated carbocycles. The van der Waals surface area contributed by atoms with Crippen molar-refractivity contribution in [2.75, 3.05) is 33.5 Å². The first-order valence-corrected chi connectivity index (χ1v) is 45.0. The molecule has 87 heteroatoms. The Balaban J connectivity index is -0.00000100. The van der Waals surface area contributed by atoms with Crippen LogP contribution in [0.4, 0.5) is 0 Å². The van der Waals surface area contributed by atoms with Crippen molar-refractivity contribution < 1.29 is 590 Å². The summed E-state index contributed by atoms with van der Waals surface area (Å²) in [6.45, 7) is 1.29. The molecular weight excluding hydrogens is 2200 g/mol. The van der Waals surface area contributed by atoms with Crippen LogP contribution >= 0.6 is 48.9 Å². The third-order valence-electron chi connectivity index (χ3n) is 17.1. The van der Waals surface area contributed by atoms with Crippen LogP contribution in [0.3, 0.4) is 0 Å². The van der Waals surface area contributed by atoms with Crippen molar-refractivity contribution in [3.8, 4) is 0 Å². The van der Waals surface area contributed by atoms with Crippen molar-refractivity contribution in [2.24, 2.45) is 0 Å². The molecule has 0 amide bonds. The van der Waals surface area contributed by atoms with E-state index in [0.717, 1.165) is 32.8 Å². The second-order valence-corrected chi connectivity index (χ2v) is 33.2. The molecule has 0 aromatic carbocycles. The molecule has 67 nitrogen and oxygen atoms in total. The van der Waals surface area contributed by atoms with Crippen molar-refractivity contribution in [3.05, 3.63) is 25.7 Å². The predicted molar refractivity (Wildman–Crippen MR) is 366 cm³/mol. The number of rotatable bonds is 39. The molecule has 0 bridgehead atoms. The summed E-state index contributed by atoms with van der Waals surface area (Å²) in [4.78, 5) is 0. The minimum absolute atomic E-state index is 0. The molecule has 8 rings (SSSR count). The van der Waals surface area contributed by atoms with E-state index in [0.29, 0.717) is 0 Å². The SMILES string of the molecule is CO[C@H]1OC(COS(=O)(=O)[O-])[C@@H](O[C@H]2[CH-][C@H](O)[C@@H](O[C@@H]3OC(COS(=O)(=O)[O-])[C@@H](O[C@H]4[CH-][C@H](O)[C@@H](O[C@@H]5OC(CO)[C@@H](O[C@H]6[CH-][C@H](O)[C@@H](O[C@@H]7OC(CO)[C@@H](O[C@H]8[CH-][C@H](O)[C@H](O)C(C)O8)[C@H](O)C7NSOO[O-])C(C)O6)[C@H](O)C5NSOO[O-])C(C)O4)[C@H](O)C3NSOO[O-])C(C)O2)[C@H](O)C1NSOO[O-].O=S(=O)([O-])O.O=S(=O)([O-])O.O=S(=O)([O-])O.O=S(=O)([O-])O.[Na+].[Na+].[Na+].[Na+].[Na+].[Na+].[Na+].[Na+].[Na+].[Na+]. The van der Waals surface area contributed by atoms with Gasteiger partial charge >= 0.3 is 296 Å². The number of hydrogen-bond donors (Lipinski definition) is 19. The van der Waals surface area contributed by atoms with Gasteiger partial charge in [0.2, 0.25) is 62.4 Å². The molecule has 8 heterocycles. The molecule has 0 aliphatic carbocycles. The fourth-order valence-electron chi connectivity index (χ4n) is 12.1. The average Bonchev–Trinajstić information content (AvgIpc) is 0.787. The van der Waals surface area contributed by atoms with E-state index in [1.165, 1.54) is 27.7 Å². The van der Waals surface area contributed by atoms with Gasteiger partial charge in [0.25, 0.3) is 0 Å². The van der Waals surface area contributed by atoms with Crippen LogP contribution in [-0.2, 0) is 184 Å². The van der Waals surface area contributed by atoms with E-state index in [4.69, 9.17) is 146 Å². The number of aliphatic hydroxyl groups excluding tert-OH is 11. The Bertz CT molecular complexity index is 3680. The van der Waals surface area contributed by atoms with Crippen LogP contribution in [0.15, 0.2) is 0 Å². The quantitative estimate of drug-likeness (QED) is 0.00313. The van der Waals surface area contributed by atoms with Crippen molar-refractivity contribution in [2.45, 2.75) is 249 Å². The first-order valence-electron chi connectivity index (χ1n) is 33.9. The monoisotopic (exact) mass is 2280 g/mol. The summed E-state index contributed by atoms with van der Waals surface area (Å²) >= 11 is 0.429. The van der Waals surface area contributed by atoms with Gasteiger partial charge in [-0.15, -0.1) is 0 Å². The summed E-state index contributed by atoms with van der Waals surface area (Å²) in [5, 5.41) is 180. The maximum Gasteiger partial charge on any atom is 1.00 e. The van der Waals surface area contributed by atoms with E-state index in [1.54, 1.807) is 0 Å². The Morgan fingerprint density at radius 3 is 0.721 bits per heavy atom. The summed E-state index contributed by atoms with van der Waals surface area (Å²) < 4.78 is 332. The zero-order chi connectivity index (χ0) is 95.5. The number of methoxy groups -OCH3 is 1. The van der Waals surface area contributed by atoms with E-state index >= 15 is 0 Å². The molecule has 36 atom stereocenters. The molecule has 8 fully saturated rings. The summed E-state index contributed by atoms with van der Waals surface area (Å²) in [6.07, 6.45) is -48.0. The number of ether oxygens (including phenoxy) is 16. The smallest absolute Gasteiger partial charge is 0.726 e. The van der Waals surface area contributed by atoms with Gasteiger partial charge in [0.05, 0.1) is 99.4 Å².